The van der Waals surface area contributed by atoms with Crippen molar-refractivity contribution in [2.45, 2.75) is 18.9 Å². The van der Waals surface area contributed by atoms with Crippen molar-refractivity contribution in [3.8, 4) is 5.75 Å². The number of primary amides is 1. The molecule has 1 rings (SSSR count). The Morgan fingerprint density at radius 1 is 1.36 bits per heavy atom. The molecule has 0 spiro atoms. The second-order valence-corrected chi connectivity index (χ2v) is 7.58. The molecule has 3 N–H and O–H groups in total. The fraction of sp³-hybridized carbons (Fsp3) is 0.400. The van der Waals surface area contributed by atoms with Crippen LogP contribution in [-0.4, -0.2) is 35.6 Å². The molecule has 0 aliphatic heterocycles. The van der Waals surface area contributed by atoms with E-state index in [0.717, 1.165) is 11.3 Å². The molecule has 6 nitrogen and oxygen atoms in total. The molecule has 0 saturated carbocycles. The largest absolute Gasteiger partial charge is 0.565 e. The fourth-order valence-electron chi connectivity index (χ4n) is 2.03. The lowest BCUT2D eigenvalue weighted by atomic mass is 10.1. The van der Waals surface area contributed by atoms with Crippen molar-refractivity contribution in [2.24, 2.45) is 5.73 Å². The third kappa shape index (κ3) is 5.51. The summed E-state index contributed by atoms with van der Waals surface area (Å²) in [5.74, 6) is 0.737. The van der Waals surface area contributed by atoms with Crippen molar-refractivity contribution >= 4 is 14.8 Å². The minimum absolute atomic E-state index is 0.453. The molecule has 0 radical (unpaired) electrons. The number of hydrogen-bond acceptors (Lipinski definition) is 4. The van der Waals surface area contributed by atoms with E-state index in [0.29, 0.717) is 25.4 Å². The third-order valence-electron chi connectivity index (χ3n) is 3.18. The van der Waals surface area contributed by atoms with Crippen LogP contribution >= 0.6 is 0 Å². The molecule has 1 aromatic carbocycles. The van der Waals surface area contributed by atoms with Gasteiger partial charge in [0.2, 0.25) is 0 Å². The highest BCUT2D eigenvalue weighted by Gasteiger charge is 2.41. The number of hydrogen-bond donors (Lipinski definition) is 2. The van der Waals surface area contributed by atoms with Crippen molar-refractivity contribution in [3.63, 3.8) is 0 Å². The van der Waals surface area contributed by atoms with Crippen molar-refractivity contribution in [2.75, 3.05) is 20.8 Å². The van der Waals surface area contributed by atoms with Crippen LogP contribution in [0.3, 0.4) is 0 Å². The average molecular weight is 324 g/mol. The van der Waals surface area contributed by atoms with E-state index in [4.69, 9.17) is 19.0 Å². The molecule has 2 amide bonds. The first-order valence-electron chi connectivity index (χ1n) is 7.08. The summed E-state index contributed by atoms with van der Waals surface area (Å²) in [6, 6.07) is 7.75. The maximum atomic E-state index is 10.7. The second-order valence-electron chi connectivity index (χ2n) is 4.69. The van der Waals surface area contributed by atoms with Gasteiger partial charge in [-0.3, -0.25) is 0 Å². The highest BCUT2D eigenvalue weighted by atomic mass is 28.4. The van der Waals surface area contributed by atoms with Gasteiger partial charge in [0.1, 0.15) is 5.75 Å². The van der Waals surface area contributed by atoms with Crippen molar-refractivity contribution in [3.05, 3.63) is 42.5 Å². The molecule has 0 aliphatic carbocycles. The molecular weight excluding hydrogens is 300 g/mol. The average Bonchev–Trinajstić information content (AvgIpc) is 2.52. The summed E-state index contributed by atoms with van der Waals surface area (Å²) >= 11 is 0. The molecule has 0 heterocycles. The first-order valence-corrected chi connectivity index (χ1v) is 9.01. The van der Waals surface area contributed by atoms with Crippen molar-refractivity contribution in [1.82, 2.24) is 5.32 Å². The molecule has 0 unspecified atom stereocenters. The molecule has 0 aromatic heterocycles. The molecule has 122 valence electrons. The van der Waals surface area contributed by atoms with Crippen LogP contribution < -0.4 is 15.5 Å². The van der Waals surface area contributed by atoms with Crippen molar-refractivity contribution in [1.29, 1.82) is 0 Å². The van der Waals surface area contributed by atoms with E-state index in [9.17, 15) is 4.79 Å². The lowest BCUT2D eigenvalue weighted by molar-refractivity contribution is 0.159. The minimum atomic E-state index is -2.84. The predicted octanol–water partition coefficient (Wildman–Crippen LogP) is 2.08. The van der Waals surface area contributed by atoms with Crippen LogP contribution in [0.5, 0.6) is 5.75 Å². The molecule has 0 aliphatic rings. The lowest BCUT2D eigenvalue weighted by Gasteiger charge is -2.28. The van der Waals surface area contributed by atoms with E-state index in [1.807, 2.05) is 30.3 Å². The Morgan fingerprint density at radius 2 is 2.05 bits per heavy atom. The summed E-state index contributed by atoms with van der Waals surface area (Å²) in [6.07, 6.45) is 3.18. The lowest BCUT2D eigenvalue weighted by Crippen LogP contribution is -2.47. The SMILES string of the molecule is C=CCc1ccccc1O[Si](CCCNC(N)=O)(OC)OC. The highest BCUT2D eigenvalue weighted by molar-refractivity contribution is 6.61. The van der Waals surface area contributed by atoms with E-state index in [-0.39, 0.29) is 0 Å². The first kappa shape index (κ1) is 18.2. The molecule has 0 saturated heterocycles. The number of benzene rings is 1. The van der Waals surface area contributed by atoms with Gasteiger partial charge >= 0.3 is 14.8 Å². The van der Waals surface area contributed by atoms with Gasteiger partial charge < -0.3 is 24.3 Å². The summed E-state index contributed by atoms with van der Waals surface area (Å²) in [7, 11) is 0.310. The highest BCUT2D eigenvalue weighted by Crippen LogP contribution is 2.25. The summed E-state index contributed by atoms with van der Waals surface area (Å²) in [4.78, 5) is 10.7. The summed E-state index contributed by atoms with van der Waals surface area (Å²) < 4.78 is 17.2. The van der Waals surface area contributed by atoms with Gasteiger partial charge in [-0.25, -0.2) is 4.79 Å². The first-order chi connectivity index (χ1) is 10.6. The Hall–Kier alpha value is -1.83. The standard InChI is InChI=1S/C15H24N2O4Si/c1-4-8-13-9-5-6-10-14(13)21-22(19-2,20-3)12-7-11-17-15(16)18/h4-6,9-10H,1,7-8,11-12H2,2-3H3,(H3,16,17,18). The van der Waals surface area contributed by atoms with Crippen LogP contribution in [0.2, 0.25) is 6.04 Å². The molecule has 7 heteroatoms. The van der Waals surface area contributed by atoms with Gasteiger partial charge in [-0.15, -0.1) is 6.58 Å². The maximum Gasteiger partial charge on any atom is 0.565 e. The van der Waals surface area contributed by atoms with Crippen LogP contribution in [-0.2, 0) is 15.3 Å². The maximum absolute atomic E-state index is 10.7. The number of nitrogens with two attached hydrogens (primary N) is 1. The van der Waals surface area contributed by atoms with Gasteiger partial charge in [0.15, 0.2) is 0 Å². The summed E-state index contributed by atoms with van der Waals surface area (Å²) in [5.41, 5.74) is 6.07. The Balaban J connectivity index is 2.77. The van der Waals surface area contributed by atoms with E-state index < -0.39 is 14.8 Å². The van der Waals surface area contributed by atoms with Gasteiger partial charge in [0.05, 0.1) is 0 Å². The Morgan fingerprint density at radius 3 is 2.64 bits per heavy atom. The van der Waals surface area contributed by atoms with Crippen LogP contribution in [0.1, 0.15) is 12.0 Å². The van der Waals surface area contributed by atoms with Crippen molar-refractivity contribution < 1.29 is 18.1 Å². The van der Waals surface area contributed by atoms with Crippen LogP contribution in [0.15, 0.2) is 36.9 Å². The number of nitrogens with one attached hydrogen (secondary N) is 1. The van der Waals surface area contributed by atoms with Gasteiger partial charge in [-0.05, 0) is 24.5 Å². The number of carbonyl (C=O) groups excluding carboxylic acids is 1. The predicted molar refractivity (Wildman–Crippen MR) is 87.8 cm³/mol. The minimum Gasteiger partial charge on any atom is -0.500 e. The van der Waals surface area contributed by atoms with Gasteiger partial charge in [0, 0.05) is 26.8 Å². The topological polar surface area (TPSA) is 82.8 Å². The van der Waals surface area contributed by atoms with E-state index >= 15 is 0 Å². The Kier molecular flexibility index (Phi) is 7.65. The molecule has 0 fully saturated rings. The van der Waals surface area contributed by atoms with Crippen LogP contribution in [0.25, 0.3) is 0 Å². The number of rotatable bonds is 10. The van der Waals surface area contributed by atoms with Gasteiger partial charge in [-0.1, -0.05) is 24.3 Å². The molecule has 0 atom stereocenters. The van der Waals surface area contributed by atoms with E-state index in [1.165, 1.54) is 0 Å². The zero-order valence-electron chi connectivity index (χ0n) is 13.1. The quantitative estimate of drug-likeness (QED) is 0.392. The monoisotopic (exact) mass is 324 g/mol. The van der Waals surface area contributed by atoms with Gasteiger partial charge in [0.25, 0.3) is 0 Å². The summed E-state index contributed by atoms with van der Waals surface area (Å²) in [5, 5.41) is 2.54. The molecule has 22 heavy (non-hydrogen) atoms. The Labute approximate surface area is 132 Å². The smallest absolute Gasteiger partial charge is 0.500 e. The van der Waals surface area contributed by atoms with Gasteiger partial charge in [-0.2, -0.15) is 0 Å². The van der Waals surface area contributed by atoms with E-state index in [1.54, 1.807) is 14.2 Å². The van der Waals surface area contributed by atoms with E-state index in [2.05, 4.69) is 11.9 Å². The third-order valence-corrected chi connectivity index (χ3v) is 5.92. The molecular formula is C15H24N2O4Si. The number of urea groups is 1. The number of para-hydroxylation sites is 1. The van der Waals surface area contributed by atoms with Crippen LogP contribution in [0.4, 0.5) is 4.79 Å². The zero-order valence-corrected chi connectivity index (χ0v) is 14.1. The Bertz CT molecular complexity index is 492. The summed E-state index contributed by atoms with van der Waals surface area (Å²) in [6.45, 7) is 4.21. The van der Waals surface area contributed by atoms with Crippen LogP contribution in [0, 0.1) is 0 Å². The number of carbonyl (C=O) groups is 1. The number of amides is 2. The zero-order chi connectivity index (χ0) is 16.4. The second kappa shape index (κ2) is 9.24. The fourth-order valence-corrected chi connectivity index (χ4v) is 4.02. The number of allylic oxidation sites excluding steroid dienone is 1. The molecule has 0 bridgehead atoms. The molecule has 1 aromatic rings. The normalized spacial score (nSPS) is 11.0.